The second kappa shape index (κ2) is 7.93. The van der Waals surface area contributed by atoms with Crippen molar-refractivity contribution in [2.75, 3.05) is 0 Å². The number of rotatable bonds is 5. The van der Waals surface area contributed by atoms with Crippen LogP contribution >= 0.6 is 11.6 Å². The number of halogens is 1. The van der Waals surface area contributed by atoms with Crippen LogP contribution in [0.15, 0.2) is 78.9 Å². The fraction of sp³-hybridized carbons (Fsp3) is 0.120. The Hall–Kier alpha value is -3.57. The van der Waals surface area contributed by atoms with Crippen molar-refractivity contribution in [2.45, 2.75) is 13.1 Å². The molecule has 1 amide bonds. The Morgan fingerprint density at radius 2 is 1.74 bits per heavy atom. The van der Waals surface area contributed by atoms with Gasteiger partial charge < -0.3 is 14.5 Å². The number of hydrogen-bond donors (Lipinski definition) is 1. The van der Waals surface area contributed by atoms with Crippen LogP contribution in [0.4, 0.5) is 0 Å². The molecular weight excluding hydrogens is 408 g/mol. The SMILES string of the molecule is Cn1c(C(=O)NCc2nc3ccccc3n2Cc2ccccc2)cc2ccc(Cl)cc21. The van der Waals surface area contributed by atoms with E-state index in [-0.39, 0.29) is 5.91 Å². The number of benzene rings is 3. The predicted octanol–water partition coefficient (Wildman–Crippen LogP) is 5.16. The summed E-state index contributed by atoms with van der Waals surface area (Å²) in [6.45, 7) is 1.03. The summed E-state index contributed by atoms with van der Waals surface area (Å²) in [7, 11) is 1.87. The minimum absolute atomic E-state index is 0.145. The standard InChI is InChI=1S/C25H21ClN4O/c1-29-22-14-19(26)12-11-18(22)13-23(29)25(31)27-15-24-28-20-9-5-6-10-21(20)30(24)16-17-7-3-2-4-8-17/h2-14H,15-16H2,1H3,(H,27,31). The molecule has 6 heteroatoms. The smallest absolute Gasteiger partial charge is 0.268 e. The molecule has 0 saturated heterocycles. The number of carbonyl (C=O) groups excluding carboxylic acids is 1. The average Bonchev–Trinajstić information content (AvgIpc) is 3.30. The van der Waals surface area contributed by atoms with E-state index in [0.717, 1.165) is 27.8 Å². The molecule has 154 valence electrons. The lowest BCUT2D eigenvalue weighted by Crippen LogP contribution is -2.26. The molecule has 0 spiro atoms. The largest absolute Gasteiger partial charge is 0.344 e. The second-order valence-electron chi connectivity index (χ2n) is 7.56. The number of nitrogens with zero attached hydrogens (tertiary/aromatic N) is 3. The molecule has 31 heavy (non-hydrogen) atoms. The summed E-state index contributed by atoms with van der Waals surface area (Å²) in [4.78, 5) is 17.8. The van der Waals surface area contributed by atoms with Crippen LogP contribution in [0, 0.1) is 0 Å². The van der Waals surface area contributed by atoms with Crippen molar-refractivity contribution in [3.8, 4) is 0 Å². The third-order valence-corrected chi connectivity index (χ3v) is 5.80. The fourth-order valence-corrected chi connectivity index (χ4v) is 4.14. The quantitative estimate of drug-likeness (QED) is 0.420. The van der Waals surface area contributed by atoms with E-state index in [0.29, 0.717) is 23.8 Å². The molecule has 2 heterocycles. The zero-order chi connectivity index (χ0) is 21.4. The summed E-state index contributed by atoms with van der Waals surface area (Å²) in [5.74, 6) is 0.674. The molecule has 5 nitrogen and oxygen atoms in total. The van der Waals surface area contributed by atoms with E-state index in [2.05, 4.69) is 28.1 Å². The number of nitrogens with one attached hydrogen (secondary N) is 1. The van der Waals surface area contributed by atoms with Crippen LogP contribution in [-0.2, 0) is 20.1 Å². The molecule has 0 aliphatic rings. The zero-order valence-electron chi connectivity index (χ0n) is 17.0. The first-order chi connectivity index (χ1) is 15.1. The molecule has 0 atom stereocenters. The first-order valence-corrected chi connectivity index (χ1v) is 10.5. The Labute approximate surface area is 184 Å². The number of amides is 1. The highest BCUT2D eigenvalue weighted by Gasteiger charge is 2.16. The fourth-order valence-electron chi connectivity index (χ4n) is 3.97. The van der Waals surface area contributed by atoms with Crippen LogP contribution < -0.4 is 5.32 Å². The molecule has 0 aliphatic heterocycles. The molecule has 0 aliphatic carbocycles. The lowest BCUT2D eigenvalue weighted by Gasteiger charge is -2.11. The Balaban J connectivity index is 1.44. The molecular formula is C25H21ClN4O. The summed E-state index contributed by atoms with van der Waals surface area (Å²) >= 11 is 6.12. The van der Waals surface area contributed by atoms with Crippen molar-refractivity contribution in [1.82, 2.24) is 19.4 Å². The summed E-state index contributed by atoms with van der Waals surface area (Å²) in [6.07, 6.45) is 0. The molecule has 0 bridgehead atoms. The van der Waals surface area contributed by atoms with E-state index >= 15 is 0 Å². The molecule has 5 rings (SSSR count). The van der Waals surface area contributed by atoms with Gasteiger partial charge in [-0.2, -0.15) is 0 Å². The van der Waals surface area contributed by atoms with Crippen LogP contribution in [-0.4, -0.2) is 20.0 Å². The van der Waals surface area contributed by atoms with Gasteiger partial charge in [0, 0.05) is 29.5 Å². The third-order valence-electron chi connectivity index (χ3n) is 5.56. The van der Waals surface area contributed by atoms with Crippen molar-refractivity contribution in [3.63, 3.8) is 0 Å². The van der Waals surface area contributed by atoms with Crippen molar-refractivity contribution in [3.05, 3.63) is 101 Å². The van der Waals surface area contributed by atoms with Crippen molar-refractivity contribution in [2.24, 2.45) is 7.05 Å². The Kier molecular flexibility index (Phi) is 4.96. The van der Waals surface area contributed by atoms with Gasteiger partial charge in [-0.25, -0.2) is 4.98 Å². The second-order valence-corrected chi connectivity index (χ2v) is 8.00. The highest BCUT2D eigenvalue weighted by molar-refractivity contribution is 6.31. The van der Waals surface area contributed by atoms with Gasteiger partial charge in [0.1, 0.15) is 11.5 Å². The van der Waals surface area contributed by atoms with Gasteiger partial charge in [0.05, 0.1) is 17.6 Å². The molecule has 1 N–H and O–H groups in total. The maximum Gasteiger partial charge on any atom is 0.268 e. The van der Waals surface area contributed by atoms with Gasteiger partial charge in [-0.3, -0.25) is 4.79 Å². The number of carbonyl (C=O) groups is 1. The summed E-state index contributed by atoms with van der Waals surface area (Å²) in [5.41, 5.74) is 4.66. The van der Waals surface area contributed by atoms with Crippen LogP contribution in [0.5, 0.6) is 0 Å². The van der Waals surface area contributed by atoms with Crippen LogP contribution in [0.3, 0.4) is 0 Å². The van der Waals surface area contributed by atoms with E-state index in [1.165, 1.54) is 5.56 Å². The van der Waals surface area contributed by atoms with Gasteiger partial charge in [-0.15, -0.1) is 0 Å². The molecule has 0 saturated carbocycles. The highest BCUT2D eigenvalue weighted by atomic mass is 35.5. The van der Waals surface area contributed by atoms with Crippen molar-refractivity contribution in [1.29, 1.82) is 0 Å². The predicted molar refractivity (Wildman–Crippen MR) is 124 cm³/mol. The summed E-state index contributed by atoms with van der Waals surface area (Å²) in [5, 5.41) is 4.67. The summed E-state index contributed by atoms with van der Waals surface area (Å²) in [6, 6.07) is 25.8. The normalized spacial score (nSPS) is 11.3. The average molecular weight is 429 g/mol. The van der Waals surface area contributed by atoms with Gasteiger partial charge in [0.25, 0.3) is 5.91 Å². The molecule has 3 aromatic carbocycles. The lowest BCUT2D eigenvalue weighted by molar-refractivity contribution is 0.0942. The minimum atomic E-state index is -0.145. The van der Waals surface area contributed by atoms with E-state index in [1.54, 1.807) is 0 Å². The third kappa shape index (κ3) is 3.68. The summed E-state index contributed by atoms with van der Waals surface area (Å²) < 4.78 is 4.02. The van der Waals surface area contributed by atoms with E-state index < -0.39 is 0 Å². The van der Waals surface area contributed by atoms with Crippen molar-refractivity contribution >= 4 is 39.4 Å². The Morgan fingerprint density at radius 1 is 0.968 bits per heavy atom. The maximum absolute atomic E-state index is 13.0. The number of para-hydroxylation sites is 2. The molecule has 5 aromatic rings. The Bertz CT molecular complexity index is 1400. The van der Waals surface area contributed by atoms with Crippen LogP contribution in [0.2, 0.25) is 5.02 Å². The topological polar surface area (TPSA) is 51.9 Å². The first-order valence-electron chi connectivity index (χ1n) is 10.1. The minimum Gasteiger partial charge on any atom is -0.344 e. The molecule has 0 unspecified atom stereocenters. The molecule has 0 fully saturated rings. The first kappa shape index (κ1) is 19.4. The van der Waals surface area contributed by atoms with Gasteiger partial charge in [0.2, 0.25) is 0 Å². The monoisotopic (exact) mass is 428 g/mol. The van der Waals surface area contributed by atoms with E-state index in [9.17, 15) is 4.79 Å². The van der Waals surface area contributed by atoms with Crippen molar-refractivity contribution < 1.29 is 4.79 Å². The molecule has 0 radical (unpaired) electrons. The number of hydrogen-bond acceptors (Lipinski definition) is 2. The zero-order valence-corrected chi connectivity index (χ0v) is 17.8. The van der Waals surface area contributed by atoms with Crippen LogP contribution in [0.25, 0.3) is 21.9 Å². The lowest BCUT2D eigenvalue weighted by atomic mass is 10.2. The van der Waals surface area contributed by atoms with E-state index in [1.807, 2.05) is 72.3 Å². The number of imidazole rings is 1. The number of aryl methyl sites for hydroxylation is 1. The van der Waals surface area contributed by atoms with Gasteiger partial charge in [-0.1, -0.05) is 60.1 Å². The molecule has 2 aromatic heterocycles. The number of aromatic nitrogens is 3. The Morgan fingerprint density at radius 3 is 2.58 bits per heavy atom. The van der Waals surface area contributed by atoms with E-state index in [4.69, 9.17) is 16.6 Å². The number of fused-ring (bicyclic) bond motifs is 2. The highest BCUT2D eigenvalue weighted by Crippen LogP contribution is 2.23. The van der Waals surface area contributed by atoms with Gasteiger partial charge in [-0.05, 0) is 35.9 Å². The van der Waals surface area contributed by atoms with Gasteiger partial charge >= 0.3 is 0 Å². The maximum atomic E-state index is 13.0. The van der Waals surface area contributed by atoms with Gasteiger partial charge in [0.15, 0.2) is 0 Å². The van der Waals surface area contributed by atoms with Crippen LogP contribution in [0.1, 0.15) is 21.9 Å².